The molecule has 0 saturated heterocycles. The lowest BCUT2D eigenvalue weighted by Gasteiger charge is -2.07. The molecule has 0 aliphatic carbocycles. The van der Waals surface area contributed by atoms with E-state index in [0.717, 1.165) is 0 Å². The topological polar surface area (TPSA) is 111 Å². The molecule has 126 valence electrons. The molecule has 0 bridgehead atoms. The quantitative estimate of drug-likeness (QED) is 0.600. The van der Waals surface area contributed by atoms with Gasteiger partial charge in [0.15, 0.2) is 11.6 Å². The van der Waals surface area contributed by atoms with Crippen molar-refractivity contribution >= 4 is 11.7 Å². The Morgan fingerprint density at radius 1 is 0.923 bits per heavy atom. The molecule has 0 saturated carbocycles. The molecule has 0 atom stereocenters. The van der Waals surface area contributed by atoms with Crippen molar-refractivity contribution in [3.05, 3.63) is 73.5 Å². The molecule has 0 fully saturated rings. The first-order valence-electron chi connectivity index (χ1n) is 7.67. The minimum Gasteiger partial charge on any atom is -0.304 e. The third kappa shape index (κ3) is 3.13. The van der Waals surface area contributed by atoms with Crippen LogP contribution in [0, 0.1) is 0 Å². The highest BCUT2D eigenvalue weighted by molar-refractivity contribution is 6.01. The Morgan fingerprint density at radius 3 is 2.69 bits per heavy atom. The Hall–Kier alpha value is -4.01. The van der Waals surface area contributed by atoms with Gasteiger partial charge in [0, 0.05) is 37.2 Å². The van der Waals surface area contributed by atoms with Gasteiger partial charge in [-0.15, -0.1) is 0 Å². The smallest absolute Gasteiger partial charge is 0.293 e. The van der Waals surface area contributed by atoms with Gasteiger partial charge in [0.05, 0.1) is 6.20 Å². The van der Waals surface area contributed by atoms with Gasteiger partial charge in [0.25, 0.3) is 5.91 Å². The third-order valence-electron chi connectivity index (χ3n) is 3.43. The molecular formula is C17H12N8O. The molecule has 1 N–H and O–H groups in total. The second-order valence-corrected chi connectivity index (χ2v) is 5.12. The summed E-state index contributed by atoms with van der Waals surface area (Å²) in [5, 5.41) is 2.72. The van der Waals surface area contributed by atoms with Crippen molar-refractivity contribution < 1.29 is 4.79 Å². The Labute approximate surface area is 147 Å². The van der Waals surface area contributed by atoms with Crippen LogP contribution in [0.3, 0.4) is 0 Å². The van der Waals surface area contributed by atoms with Crippen molar-refractivity contribution in [2.24, 2.45) is 0 Å². The van der Waals surface area contributed by atoms with E-state index in [0.29, 0.717) is 23.2 Å². The summed E-state index contributed by atoms with van der Waals surface area (Å²) in [5.41, 5.74) is 0.615. The maximum absolute atomic E-state index is 12.6. The minimum absolute atomic E-state index is 0.170. The van der Waals surface area contributed by atoms with E-state index in [4.69, 9.17) is 0 Å². The molecular weight excluding hydrogens is 332 g/mol. The average Bonchev–Trinajstić information content (AvgIpc) is 3.20. The van der Waals surface area contributed by atoms with Gasteiger partial charge in [0.2, 0.25) is 5.82 Å². The van der Waals surface area contributed by atoms with E-state index in [1.54, 1.807) is 59.9 Å². The van der Waals surface area contributed by atoms with Crippen LogP contribution in [0.1, 0.15) is 10.6 Å². The van der Waals surface area contributed by atoms with Crippen molar-refractivity contribution in [3.63, 3.8) is 0 Å². The zero-order chi connectivity index (χ0) is 17.8. The van der Waals surface area contributed by atoms with Crippen molar-refractivity contribution in [2.75, 3.05) is 5.32 Å². The van der Waals surface area contributed by atoms with Gasteiger partial charge in [-0.05, 0) is 18.2 Å². The highest BCUT2D eigenvalue weighted by Gasteiger charge is 2.16. The second-order valence-electron chi connectivity index (χ2n) is 5.12. The molecule has 0 unspecified atom stereocenters. The number of rotatable bonds is 4. The zero-order valence-corrected chi connectivity index (χ0v) is 13.4. The summed E-state index contributed by atoms with van der Waals surface area (Å²) in [5.74, 6) is 1.00. The largest absolute Gasteiger partial charge is 0.304 e. The highest BCUT2D eigenvalue weighted by atomic mass is 16.2. The van der Waals surface area contributed by atoms with Gasteiger partial charge in [0.1, 0.15) is 11.5 Å². The number of carbonyl (C=O) groups excluding carboxylic acids is 1. The summed E-state index contributed by atoms with van der Waals surface area (Å²) in [6, 6.07) is 7.04. The van der Waals surface area contributed by atoms with E-state index in [1.807, 2.05) is 6.07 Å². The number of imidazole rings is 1. The van der Waals surface area contributed by atoms with E-state index >= 15 is 0 Å². The Morgan fingerprint density at radius 2 is 1.88 bits per heavy atom. The van der Waals surface area contributed by atoms with Crippen LogP contribution in [0.15, 0.2) is 67.6 Å². The number of carbonyl (C=O) groups is 1. The van der Waals surface area contributed by atoms with Gasteiger partial charge in [-0.3, -0.25) is 19.3 Å². The molecule has 0 radical (unpaired) electrons. The molecule has 0 spiro atoms. The van der Waals surface area contributed by atoms with Crippen LogP contribution in [-0.2, 0) is 0 Å². The molecule has 9 nitrogen and oxygen atoms in total. The lowest BCUT2D eigenvalue weighted by atomic mass is 10.3. The SMILES string of the molecule is O=C(Nc1ccnc(-c2ccccn2)n1)c1nccn1-c1cnccn1. The van der Waals surface area contributed by atoms with E-state index in [9.17, 15) is 4.79 Å². The van der Waals surface area contributed by atoms with Gasteiger partial charge < -0.3 is 5.32 Å². The van der Waals surface area contributed by atoms with Gasteiger partial charge in [-0.1, -0.05) is 6.07 Å². The molecule has 0 aliphatic heterocycles. The molecule has 0 aliphatic rings. The Balaban J connectivity index is 1.60. The number of nitrogens with one attached hydrogen (secondary N) is 1. The normalized spacial score (nSPS) is 10.5. The fourth-order valence-electron chi connectivity index (χ4n) is 2.29. The zero-order valence-electron chi connectivity index (χ0n) is 13.4. The number of anilines is 1. The summed E-state index contributed by atoms with van der Waals surface area (Å²) in [4.78, 5) is 37.6. The van der Waals surface area contributed by atoms with Gasteiger partial charge >= 0.3 is 0 Å². The summed E-state index contributed by atoms with van der Waals surface area (Å²) < 4.78 is 1.54. The van der Waals surface area contributed by atoms with Crippen LogP contribution < -0.4 is 5.32 Å². The number of aromatic nitrogens is 7. The minimum atomic E-state index is -0.425. The maximum Gasteiger partial charge on any atom is 0.293 e. The first-order valence-corrected chi connectivity index (χ1v) is 7.67. The van der Waals surface area contributed by atoms with Gasteiger partial charge in [-0.2, -0.15) is 0 Å². The standard InChI is InChI=1S/C17H12N8O/c26-17(16-22-9-10-25(16)14-11-18-7-8-20-14)24-13-4-6-21-15(23-13)12-3-1-2-5-19-12/h1-11H,(H,21,23,24,26). The summed E-state index contributed by atoms with van der Waals surface area (Å²) in [7, 11) is 0. The van der Waals surface area contributed by atoms with Crippen LogP contribution >= 0.6 is 0 Å². The fraction of sp³-hybridized carbons (Fsp3) is 0. The van der Waals surface area contributed by atoms with E-state index in [2.05, 4.69) is 35.2 Å². The van der Waals surface area contributed by atoms with Gasteiger partial charge in [-0.25, -0.2) is 19.9 Å². The van der Waals surface area contributed by atoms with Crippen molar-refractivity contribution in [2.45, 2.75) is 0 Å². The molecule has 9 heteroatoms. The van der Waals surface area contributed by atoms with Crippen LogP contribution in [0.5, 0.6) is 0 Å². The fourth-order valence-corrected chi connectivity index (χ4v) is 2.29. The number of hydrogen-bond donors (Lipinski definition) is 1. The van der Waals surface area contributed by atoms with E-state index < -0.39 is 5.91 Å². The molecule has 4 heterocycles. The maximum atomic E-state index is 12.6. The number of amides is 1. The molecule has 26 heavy (non-hydrogen) atoms. The predicted molar refractivity (Wildman–Crippen MR) is 92.4 cm³/mol. The van der Waals surface area contributed by atoms with Crippen LogP contribution in [-0.4, -0.2) is 40.4 Å². The van der Waals surface area contributed by atoms with Crippen molar-refractivity contribution in [3.8, 4) is 17.3 Å². The predicted octanol–water partition coefficient (Wildman–Crippen LogP) is 1.77. The molecule has 0 aromatic carbocycles. The number of nitrogens with zero attached hydrogens (tertiary/aromatic N) is 7. The Bertz CT molecular complexity index is 1030. The number of hydrogen-bond acceptors (Lipinski definition) is 7. The summed E-state index contributed by atoms with van der Waals surface area (Å²) in [6.45, 7) is 0. The molecule has 1 amide bonds. The first-order chi connectivity index (χ1) is 12.8. The number of pyridine rings is 1. The second kappa shape index (κ2) is 6.85. The average molecular weight is 344 g/mol. The van der Waals surface area contributed by atoms with E-state index in [-0.39, 0.29) is 5.82 Å². The monoisotopic (exact) mass is 344 g/mol. The highest BCUT2D eigenvalue weighted by Crippen LogP contribution is 2.14. The lowest BCUT2D eigenvalue weighted by Crippen LogP contribution is -2.18. The van der Waals surface area contributed by atoms with Crippen LogP contribution in [0.2, 0.25) is 0 Å². The summed E-state index contributed by atoms with van der Waals surface area (Å²) >= 11 is 0. The molecule has 4 aromatic heterocycles. The third-order valence-corrected chi connectivity index (χ3v) is 3.43. The Kier molecular flexibility index (Phi) is 4.09. The van der Waals surface area contributed by atoms with Crippen molar-refractivity contribution in [1.29, 1.82) is 0 Å². The first kappa shape index (κ1) is 15.5. The molecule has 4 aromatic rings. The van der Waals surface area contributed by atoms with Crippen LogP contribution in [0.25, 0.3) is 17.3 Å². The van der Waals surface area contributed by atoms with E-state index in [1.165, 1.54) is 6.20 Å². The van der Waals surface area contributed by atoms with Crippen LogP contribution in [0.4, 0.5) is 5.82 Å². The van der Waals surface area contributed by atoms with Crippen molar-refractivity contribution in [1.82, 2.24) is 34.5 Å². The lowest BCUT2D eigenvalue weighted by molar-refractivity contribution is 0.101. The summed E-state index contributed by atoms with van der Waals surface area (Å²) in [6.07, 6.45) is 11.0. The molecule has 4 rings (SSSR count).